The topological polar surface area (TPSA) is 33.3 Å². The van der Waals surface area contributed by atoms with Crippen LogP contribution in [-0.4, -0.2) is 26.4 Å². The van der Waals surface area contributed by atoms with Crippen LogP contribution in [-0.2, 0) is 5.75 Å². The highest BCUT2D eigenvalue weighted by Crippen LogP contribution is 2.35. The van der Waals surface area contributed by atoms with Crippen LogP contribution >= 0.6 is 11.8 Å². The lowest BCUT2D eigenvalue weighted by Gasteiger charge is -2.30. The van der Waals surface area contributed by atoms with Crippen molar-refractivity contribution in [3.05, 3.63) is 52.5 Å². The summed E-state index contributed by atoms with van der Waals surface area (Å²) >= 11 is 1.91. The Morgan fingerprint density at radius 1 is 1.14 bits per heavy atom. The van der Waals surface area contributed by atoms with Gasteiger partial charge in [-0.1, -0.05) is 30.4 Å². The van der Waals surface area contributed by atoms with E-state index in [1.54, 1.807) is 7.11 Å². The molecule has 1 heterocycles. The van der Waals surface area contributed by atoms with E-state index in [2.05, 4.69) is 34.9 Å². The Balaban J connectivity index is 1.67. The fourth-order valence-corrected chi connectivity index (χ4v) is 4.08. The molecule has 1 aliphatic heterocycles. The highest BCUT2D eigenvalue weighted by Gasteiger charge is 2.21. The SMILES string of the molecule is COc1ccccc1CSC1=CCCC=C1C1NCCCN1. The molecule has 22 heavy (non-hydrogen) atoms. The third-order valence-electron chi connectivity index (χ3n) is 4.08. The molecule has 0 amide bonds. The Morgan fingerprint density at radius 2 is 1.91 bits per heavy atom. The zero-order chi connectivity index (χ0) is 15.2. The minimum Gasteiger partial charge on any atom is -0.496 e. The van der Waals surface area contributed by atoms with Crippen molar-refractivity contribution in [3.63, 3.8) is 0 Å². The van der Waals surface area contributed by atoms with Gasteiger partial charge in [0.1, 0.15) is 5.75 Å². The Bertz CT molecular complexity index is 562. The van der Waals surface area contributed by atoms with Crippen molar-refractivity contribution in [3.8, 4) is 5.75 Å². The van der Waals surface area contributed by atoms with Crippen molar-refractivity contribution in [1.82, 2.24) is 10.6 Å². The molecule has 1 saturated heterocycles. The molecular formula is C18H24N2OS. The van der Waals surface area contributed by atoms with Crippen LogP contribution in [0.15, 0.2) is 46.9 Å². The van der Waals surface area contributed by atoms with Gasteiger partial charge in [0.25, 0.3) is 0 Å². The lowest BCUT2D eigenvalue weighted by molar-refractivity contribution is 0.411. The summed E-state index contributed by atoms with van der Waals surface area (Å²) in [4.78, 5) is 1.41. The highest BCUT2D eigenvalue weighted by atomic mass is 32.2. The van der Waals surface area contributed by atoms with E-state index in [1.165, 1.54) is 22.5 Å². The monoisotopic (exact) mass is 316 g/mol. The van der Waals surface area contributed by atoms with Gasteiger partial charge in [0, 0.05) is 16.2 Å². The maximum Gasteiger partial charge on any atom is 0.122 e. The molecule has 0 atom stereocenters. The molecule has 3 rings (SSSR count). The van der Waals surface area contributed by atoms with E-state index in [0.717, 1.165) is 37.4 Å². The van der Waals surface area contributed by atoms with Gasteiger partial charge in [-0.15, -0.1) is 11.8 Å². The van der Waals surface area contributed by atoms with Crippen LogP contribution in [0.2, 0.25) is 0 Å². The molecule has 1 aromatic carbocycles. The molecule has 0 aromatic heterocycles. The van der Waals surface area contributed by atoms with Crippen LogP contribution in [0.25, 0.3) is 0 Å². The molecule has 3 nitrogen and oxygen atoms in total. The van der Waals surface area contributed by atoms with E-state index < -0.39 is 0 Å². The highest BCUT2D eigenvalue weighted by molar-refractivity contribution is 8.02. The van der Waals surface area contributed by atoms with E-state index in [4.69, 9.17) is 4.74 Å². The Labute approximate surface area is 137 Å². The van der Waals surface area contributed by atoms with Crippen molar-refractivity contribution >= 4 is 11.8 Å². The van der Waals surface area contributed by atoms with Gasteiger partial charge in [0.05, 0.1) is 13.3 Å². The first kappa shape index (κ1) is 15.7. The summed E-state index contributed by atoms with van der Waals surface area (Å²) in [5.74, 6) is 1.92. The average Bonchev–Trinajstić information content (AvgIpc) is 2.61. The van der Waals surface area contributed by atoms with Crippen molar-refractivity contribution in [2.45, 2.75) is 31.2 Å². The van der Waals surface area contributed by atoms with E-state index in [1.807, 2.05) is 23.9 Å². The number of thioether (sulfide) groups is 1. The first-order chi connectivity index (χ1) is 10.9. The summed E-state index contributed by atoms with van der Waals surface area (Å²) in [7, 11) is 1.74. The van der Waals surface area contributed by atoms with Gasteiger partial charge in [0.15, 0.2) is 0 Å². The van der Waals surface area contributed by atoms with Crippen molar-refractivity contribution in [2.75, 3.05) is 20.2 Å². The molecular weight excluding hydrogens is 292 g/mol. The lowest BCUT2D eigenvalue weighted by Crippen LogP contribution is -2.49. The van der Waals surface area contributed by atoms with Crippen LogP contribution in [0.3, 0.4) is 0 Å². The summed E-state index contributed by atoms with van der Waals surface area (Å²) in [6.45, 7) is 2.19. The molecule has 1 aromatic rings. The standard InChI is InChI=1S/C18H24N2OS/c1-21-16-9-4-2-7-14(16)13-22-17-10-5-3-8-15(17)18-19-11-6-12-20-18/h2,4,7-10,18-20H,3,5-6,11-13H2,1H3. The largest absolute Gasteiger partial charge is 0.496 e. The number of para-hydroxylation sites is 1. The second-order valence-corrected chi connectivity index (χ2v) is 6.62. The normalized spacial score (nSPS) is 19.5. The fraction of sp³-hybridized carbons (Fsp3) is 0.444. The van der Waals surface area contributed by atoms with Gasteiger partial charge < -0.3 is 4.74 Å². The summed E-state index contributed by atoms with van der Waals surface area (Å²) in [6, 6.07) is 8.28. The predicted octanol–water partition coefficient (Wildman–Crippen LogP) is 3.44. The van der Waals surface area contributed by atoms with Gasteiger partial charge >= 0.3 is 0 Å². The van der Waals surface area contributed by atoms with Crippen molar-refractivity contribution < 1.29 is 4.74 Å². The average molecular weight is 316 g/mol. The Hall–Kier alpha value is -1.23. The van der Waals surface area contributed by atoms with Gasteiger partial charge in [-0.05, 0) is 44.0 Å². The molecule has 0 radical (unpaired) electrons. The zero-order valence-corrected chi connectivity index (χ0v) is 13.9. The van der Waals surface area contributed by atoms with E-state index >= 15 is 0 Å². The van der Waals surface area contributed by atoms with Crippen LogP contribution < -0.4 is 15.4 Å². The first-order valence-corrected chi connectivity index (χ1v) is 8.99. The number of rotatable bonds is 5. The second kappa shape index (κ2) is 7.86. The first-order valence-electron chi connectivity index (χ1n) is 8.00. The number of ether oxygens (including phenoxy) is 1. The van der Waals surface area contributed by atoms with Crippen LogP contribution in [0.1, 0.15) is 24.8 Å². The molecule has 1 aliphatic carbocycles. The summed E-state index contributed by atoms with van der Waals surface area (Å²) in [6.07, 6.45) is 8.58. The van der Waals surface area contributed by atoms with Crippen LogP contribution in [0.5, 0.6) is 5.75 Å². The molecule has 2 aliphatic rings. The smallest absolute Gasteiger partial charge is 0.122 e. The van der Waals surface area contributed by atoms with E-state index in [9.17, 15) is 0 Å². The van der Waals surface area contributed by atoms with Crippen LogP contribution in [0, 0.1) is 0 Å². The number of hydrogen-bond acceptors (Lipinski definition) is 4. The number of hydrogen-bond donors (Lipinski definition) is 2. The van der Waals surface area contributed by atoms with Gasteiger partial charge in [-0.3, -0.25) is 10.6 Å². The number of methoxy groups -OCH3 is 1. The lowest BCUT2D eigenvalue weighted by atomic mass is 10.0. The maximum absolute atomic E-state index is 5.46. The van der Waals surface area contributed by atoms with Gasteiger partial charge in [-0.25, -0.2) is 0 Å². The van der Waals surface area contributed by atoms with Crippen molar-refractivity contribution in [1.29, 1.82) is 0 Å². The van der Waals surface area contributed by atoms with E-state index in [0.29, 0.717) is 6.17 Å². The third kappa shape index (κ3) is 3.75. The van der Waals surface area contributed by atoms with Gasteiger partial charge in [-0.2, -0.15) is 0 Å². The molecule has 118 valence electrons. The molecule has 4 heteroatoms. The number of nitrogens with one attached hydrogen (secondary N) is 2. The van der Waals surface area contributed by atoms with Gasteiger partial charge in [0.2, 0.25) is 0 Å². The molecule has 0 unspecified atom stereocenters. The molecule has 2 N–H and O–H groups in total. The van der Waals surface area contributed by atoms with Crippen LogP contribution in [0.4, 0.5) is 0 Å². The predicted molar refractivity (Wildman–Crippen MR) is 94.1 cm³/mol. The molecule has 1 fully saturated rings. The number of allylic oxidation sites excluding steroid dienone is 2. The number of benzene rings is 1. The summed E-state index contributed by atoms with van der Waals surface area (Å²) in [5.41, 5.74) is 2.68. The Kier molecular flexibility index (Phi) is 5.59. The third-order valence-corrected chi connectivity index (χ3v) is 5.25. The summed E-state index contributed by atoms with van der Waals surface area (Å²) in [5, 5.41) is 7.16. The zero-order valence-electron chi connectivity index (χ0n) is 13.1. The molecule has 0 spiro atoms. The van der Waals surface area contributed by atoms with E-state index in [-0.39, 0.29) is 0 Å². The van der Waals surface area contributed by atoms with Crippen molar-refractivity contribution in [2.24, 2.45) is 0 Å². The molecule has 0 bridgehead atoms. The summed E-state index contributed by atoms with van der Waals surface area (Å²) < 4.78 is 5.46. The maximum atomic E-state index is 5.46. The minimum absolute atomic E-state index is 0.311. The minimum atomic E-state index is 0.311. The second-order valence-electron chi connectivity index (χ2n) is 5.60. The Morgan fingerprint density at radius 3 is 2.73 bits per heavy atom. The fourth-order valence-electron chi connectivity index (χ4n) is 2.93. The molecule has 0 saturated carbocycles. The quantitative estimate of drug-likeness (QED) is 0.872.